The highest BCUT2D eigenvalue weighted by molar-refractivity contribution is 6.01. The van der Waals surface area contributed by atoms with E-state index in [1.807, 2.05) is 6.92 Å². The molecule has 1 aromatic rings. The van der Waals surface area contributed by atoms with Crippen molar-refractivity contribution < 1.29 is 14.6 Å². The average Bonchev–Trinajstić information content (AvgIpc) is 2.27. The van der Waals surface area contributed by atoms with E-state index >= 15 is 0 Å². The van der Waals surface area contributed by atoms with Gasteiger partial charge in [-0.1, -0.05) is 6.42 Å². The summed E-state index contributed by atoms with van der Waals surface area (Å²) in [5.41, 5.74) is 1.16. The zero-order valence-corrected chi connectivity index (χ0v) is 10.7. The number of ketones is 1. The molecule has 1 N–H and O–H groups in total. The summed E-state index contributed by atoms with van der Waals surface area (Å²) >= 11 is 0. The van der Waals surface area contributed by atoms with Crippen molar-refractivity contribution in [1.82, 2.24) is 0 Å². The smallest absolute Gasteiger partial charge is 0.170 e. The Balaban J connectivity index is 2.03. The van der Waals surface area contributed by atoms with Gasteiger partial charge < -0.3 is 9.84 Å². The van der Waals surface area contributed by atoms with Gasteiger partial charge in [0.25, 0.3) is 0 Å². The van der Waals surface area contributed by atoms with Gasteiger partial charge in [-0.25, -0.2) is 0 Å². The predicted octanol–water partition coefficient (Wildman–Crippen LogP) is 3.37. The number of phenolic OH excluding ortho intramolecular Hbond substituents is 1. The van der Waals surface area contributed by atoms with E-state index in [0.29, 0.717) is 17.7 Å². The van der Waals surface area contributed by atoms with Gasteiger partial charge in [-0.3, -0.25) is 4.79 Å². The molecular weight excluding hydrogens is 228 g/mol. The maximum absolute atomic E-state index is 12.3. The van der Waals surface area contributed by atoms with E-state index in [9.17, 15) is 9.90 Å². The van der Waals surface area contributed by atoms with E-state index in [4.69, 9.17) is 4.74 Å². The number of hydrogen-bond donors (Lipinski definition) is 1. The average molecular weight is 246 g/mol. The molecule has 1 heterocycles. The topological polar surface area (TPSA) is 46.5 Å². The zero-order valence-electron chi connectivity index (χ0n) is 10.7. The number of ether oxygens (including phenoxy) is 1. The Hall–Kier alpha value is -1.51. The van der Waals surface area contributed by atoms with Crippen molar-refractivity contribution in [1.29, 1.82) is 0 Å². The van der Waals surface area contributed by atoms with E-state index in [1.54, 1.807) is 12.1 Å². The number of phenols is 1. The number of carbonyl (C=O) groups excluding carboxylic acids is 1. The molecule has 0 bridgehead atoms. The number of Topliss-reactive ketones (excluding diaryl/α,β-unsaturated/α-hetero) is 1. The molecule has 1 aliphatic carbocycles. The first kappa shape index (κ1) is 11.6. The van der Waals surface area contributed by atoms with Crippen molar-refractivity contribution in [2.45, 2.75) is 51.0 Å². The fourth-order valence-corrected chi connectivity index (χ4v) is 3.30. The first-order chi connectivity index (χ1) is 8.60. The monoisotopic (exact) mass is 246 g/mol. The molecule has 0 aromatic heterocycles. The van der Waals surface area contributed by atoms with Crippen LogP contribution in [0.1, 0.15) is 54.4 Å². The summed E-state index contributed by atoms with van der Waals surface area (Å²) in [7, 11) is 0. The van der Waals surface area contributed by atoms with Crippen LogP contribution in [0, 0.1) is 6.92 Å². The fourth-order valence-electron chi connectivity index (χ4n) is 3.30. The Morgan fingerprint density at radius 1 is 1.22 bits per heavy atom. The minimum atomic E-state index is -0.303. The molecule has 96 valence electrons. The van der Waals surface area contributed by atoms with Crippen LogP contribution in [-0.4, -0.2) is 16.5 Å². The second-order valence-corrected chi connectivity index (χ2v) is 5.58. The van der Waals surface area contributed by atoms with E-state index < -0.39 is 0 Å². The van der Waals surface area contributed by atoms with E-state index in [0.717, 1.165) is 31.2 Å². The maximum Gasteiger partial charge on any atom is 0.170 e. The Morgan fingerprint density at radius 2 is 1.94 bits per heavy atom. The molecule has 1 spiro atoms. The molecule has 0 unspecified atom stereocenters. The Morgan fingerprint density at radius 3 is 2.67 bits per heavy atom. The summed E-state index contributed by atoms with van der Waals surface area (Å²) in [5.74, 6) is 0.910. The minimum absolute atomic E-state index is 0.163. The van der Waals surface area contributed by atoms with Crippen LogP contribution in [0.5, 0.6) is 11.5 Å². The summed E-state index contributed by atoms with van der Waals surface area (Å²) < 4.78 is 6.11. The number of aromatic hydroxyl groups is 1. The third-order valence-corrected chi connectivity index (χ3v) is 4.14. The summed E-state index contributed by atoms with van der Waals surface area (Å²) in [6, 6.07) is 3.20. The normalized spacial score (nSPS) is 21.5. The molecule has 0 radical (unpaired) electrons. The van der Waals surface area contributed by atoms with Crippen molar-refractivity contribution >= 4 is 5.78 Å². The second kappa shape index (κ2) is 4.01. The number of carbonyl (C=O) groups is 1. The molecule has 1 saturated carbocycles. The maximum atomic E-state index is 12.3. The van der Waals surface area contributed by atoms with Crippen LogP contribution in [0.15, 0.2) is 12.1 Å². The lowest BCUT2D eigenvalue weighted by Gasteiger charge is -2.41. The number of rotatable bonds is 0. The predicted molar refractivity (Wildman–Crippen MR) is 68.2 cm³/mol. The third kappa shape index (κ3) is 1.78. The SMILES string of the molecule is Cc1cc(O)cc2c1C(=O)CC1(CCCCC1)O2. The number of hydrogen-bond acceptors (Lipinski definition) is 3. The van der Waals surface area contributed by atoms with Crippen LogP contribution in [-0.2, 0) is 0 Å². The molecule has 3 heteroatoms. The lowest BCUT2D eigenvalue weighted by molar-refractivity contribution is 0.0134. The second-order valence-electron chi connectivity index (χ2n) is 5.58. The van der Waals surface area contributed by atoms with Gasteiger partial charge in [0.1, 0.15) is 17.1 Å². The first-order valence-electron chi connectivity index (χ1n) is 6.65. The summed E-state index contributed by atoms with van der Waals surface area (Å²) in [6.45, 7) is 1.85. The van der Waals surface area contributed by atoms with Crippen LogP contribution in [0.4, 0.5) is 0 Å². The quantitative estimate of drug-likeness (QED) is 0.763. The van der Waals surface area contributed by atoms with Crippen molar-refractivity contribution in [2.75, 3.05) is 0 Å². The molecule has 1 fully saturated rings. The third-order valence-electron chi connectivity index (χ3n) is 4.14. The summed E-state index contributed by atoms with van der Waals surface area (Å²) in [4.78, 5) is 12.3. The summed E-state index contributed by atoms with van der Waals surface area (Å²) in [5, 5.41) is 9.65. The van der Waals surface area contributed by atoms with Gasteiger partial charge in [0.2, 0.25) is 0 Å². The van der Waals surface area contributed by atoms with Gasteiger partial charge in [0.05, 0.1) is 12.0 Å². The van der Waals surface area contributed by atoms with Crippen molar-refractivity contribution in [2.24, 2.45) is 0 Å². The molecule has 2 aliphatic rings. The van der Waals surface area contributed by atoms with Gasteiger partial charge in [0, 0.05) is 6.07 Å². The molecule has 1 aromatic carbocycles. The van der Waals surface area contributed by atoms with Gasteiger partial charge in [0.15, 0.2) is 5.78 Å². The van der Waals surface area contributed by atoms with Crippen LogP contribution in [0.2, 0.25) is 0 Å². The lowest BCUT2D eigenvalue weighted by Crippen LogP contribution is -2.43. The Labute approximate surface area is 107 Å². The van der Waals surface area contributed by atoms with E-state index in [2.05, 4.69) is 0 Å². The van der Waals surface area contributed by atoms with Gasteiger partial charge in [-0.2, -0.15) is 0 Å². The highest BCUT2D eigenvalue weighted by atomic mass is 16.5. The molecule has 3 nitrogen and oxygen atoms in total. The molecular formula is C15H18O3. The van der Waals surface area contributed by atoms with Gasteiger partial charge in [-0.05, 0) is 44.2 Å². The highest BCUT2D eigenvalue weighted by Gasteiger charge is 2.41. The van der Waals surface area contributed by atoms with Crippen LogP contribution in [0.3, 0.4) is 0 Å². The van der Waals surface area contributed by atoms with E-state index in [-0.39, 0.29) is 17.1 Å². The number of aryl methyl sites for hydroxylation is 1. The molecule has 0 saturated heterocycles. The van der Waals surface area contributed by atoms with Crippen LogP contribution < -0.4 is 4.74 Å². The Bertz CT molecular complexity index is 499. The van der Waals surface area contributed by atoms with Crippen molar-refractivity contribution in [3.05, 3.63) is 23.3 Å². The summed E-state index contributed by atoms with van der Waals surface area (Å²) in [6.07, 6.45) is 5.87. The standard InChI is InChI=1S/C15H18O3/c1-10-7-11(16)8-13-14(10)12(17)9-15(18-13)5-3-2-4-6-15/h7-8,16H,2-6,9H2,1H3. The van der Waals surface area contributed by atoms with Gasteiger partial charge >= 0.3 is 0 Å². The fraction of sp³-hybridized carbons (Fsp3) is 0.533. The molecule has 1 aliphatic heterocycles. The zero-order chi connectivity index (χ0) is 12.8. The Kier molecular flexibility index (Phi) is 2.58. The molecule has 18 heavy (non-hydrogen) atoms. The van der Waals surface area contributed by atoms with Crippen LogP contribution >= 0.6 is 0 Å². The molecule has 0 amide bonds. The van der Waals surface area contributed by atoms with Gasteiger partial charge in [-0.15, -0.1) is 0 Å². The molecule has 3 rings (SSSR count). The van der Waals surface area contributed by atoms with Crippen LogP contribution in [0.25, 0.3) is 0 Å². The van der Waals surface area contributed by atoms with Crippen molar-refractivity contribution in [3.8, 4) is 11.5 Å². The highest BCUT2D eigenvalue weighted by Crippen LogP contribution is 2.43. The number of benzene rings is 1. The van der Waals surface area contributed by atoms with E-state index in [1.165, 1.54) is 6.42 Å². The minimum Gasteiger partial charge on any atom is -0.508 e. The molecule has 0 atom stereocenters. The van der Waals surface area contributed by atoms with Crippen molar-refractivity contribution in [3.63, 3.8) is 0 Å². The largest absolute Gasteiger partial charge is 0.508 e. The first-order valence-corrected chi connectivity index (χ1v) is 6.65. The number of fused-ring (bicyclic) bond motifs is 1. The lowest BCUT2D eigenvalue weighted by atomic mass is 9.78.